The molecule has 0 aromatic rings. The molecule has 4 rings (SSSR count). The molecule has 0 aliphatic heterocycles. The third-order valence-electron chi connectivity index (χ3n) is 11.8. The van der Waals surface area contributed by atoms with E-state index in [1.54, 1.807) is 13.8 Å². The molecule has 7 heteroatoms. The van der Waals surface area contributed by atoms with Gasteiger partial charge in [-0.3, -0.25) is 9.59 Å². The van der Waals surface area contributed by atoms with Gasteiger partial charge < -0.3 is 25.5 Å². The number of rotatable bonds is 5. The van der Waals surface area contributed by atoms with Crippen LogP contribution >= 0.6 is 0 Å². The molecule has 0 aromatic carbocycles. The number of ketones is 2. The molecule has 0 aromatic heterocycles. The first-order chi connectivity index (χ1) is 16.7. The van der Waals surface area contributed by atoms with Crippen molar-refractivity contribution in [1.29, 1.82) is 0 Å². The summed E-state index contributed by atoms with van der Waals surface area (Å²) in [5.74, 6) is -1.60. The molecule has 10 atom stereocenters. The summed E-state index contributed by atoms with van der Waals surface area (Å²) in [5, 5.41) is 54.8. The number of aliphatic hydroxyl groups is 5. The molecule has 5 N–H and O–H groups in total. The van der Waals surface area contributed by atoms with Gasteiger partial charge in [0.1, 0.15) is 11.4 Å². The summed E-state index contributed by atoms with van der Waals surface area (Å²) >= 11 is 0. The van der Waals surface area contributed by atoms with Crippen LogP contribution < -0.4 is 0 Å². The molecule has 0 saturated heterocycles. The van der Waals surface area contributed by atoms with Crippen LogP contribution in [0.15, 0.2) is 11.6 Å². The Balaban J connectivity index is 1.76. The summed E-state index contributed by atoms with van der Waals surface area (Å²) in [5.41, 5.74) is -4.71. The van der Waals surface area contributed by atoms with Crippen LogP contribution in [0.3, 0.4) is 0 Å². The third-order valence-corrected chi connectivity index (χ3v) is 11.8. The number of Topliss-reactive ketones (excluding diaryl/α,β-unsaturated/α-hetero) is 2. The lowest BCUT2D eigenvalue weighted by Gasteiger charge is -2.65. The van der Waals surface area contributed by atoms with E-state index in [0.29, 0.717) is 19.3 Å². The molecule has 3 fully saturated rings. The minimum Gasteiger partial charge on any atom is -0.393 e. The molecule has 0 radical (unpaired) electrons. The van der Waals surface area contributed by atoms with E-state index in [-0.39, 0.29) is 36.9 Å². The monoisotopic (exact) mass is 520 g/mol. The van der Waals surface area contributed by atoms with Crippen LogP contribution in [0.5, 0.6) is 0 Å². The van der Waals surface area contributed by atoms with Crippen LogP contribution in [0, 0.1) is 39.4 Å². The number of carbonyl (C=O) groups is 2. The maximum Gasteiger partial charge on any atom is 0.164 e. The molecule has 0 heterocycles. The number of hydrogen-bond acceptors (Lipinski definition) is 7. The van der Waals surface area contributed by atoms with Crippen LogP contribution in [0.1, 0.15) is 93.9 Å². The first kappa shape index (κ1) is 28.9. The Hall–Kier alpha value is -1.12. The predicted octanol–water partition coefficient (Wildman–Crippen LogP) is 2.94. The van der Waals surface area contributed by atoms with Crippen molar-refractivity contribution in [2.75, 3.05) is 0 Å². The van der Waals surface area contributed by atoms with Gasteiger partial charge in [-0.05, 0) is 69.1 Å². The highest BCUT2D eigenvalue weighted by molar-refractivity contribution is 5.90. The van der Waals surface area contributed by atoms with E-state index in [2.05, 4.69) is 13.0 Å². The lowest BCUT2D eigenvalue weighted by molar-refractivity contribution is -0.188. The van der Waals surface area contributed by atoms with E-state index in [9.17, 15) is 35.1 Å². The van der Waals surface area contributed by atoms with E-state index in [0.717, 1.165) is 5.57 Å². The molecule has 0 spiro atoms. The smallest absolute Gasteiger partial charge is 0.164 e. The average molecular weight is 521 g/mol. The Morgan fingerprint density at radius 1 is 1.00 bits per heavy atom. The van der Waals surface area contributed by atoms with Gasteiger partial charge in [-0.15, -0.1) is 0 Å². The number of allylic oxidation sites excluding steroid dienone is 1. The molecular weight excluding hydrogens is 472 g/mol. The van der Waals surface area contributed by atoms with Crippen molar-refractivity contribution < 1.29 is 35.1 Å². The molecule has 37 heavy (non-hydrogen) atoms. The number of carbonyl (C=O) groups excluding carboxylic acids is 2. The van der Waals surface area contributed by atoms with Crippen molar-refractivity contribution in [1.82, 2.24) is 0 Å². The van der Waals surface area contributed by atoms with Crippen LogP contribution in [-0.2, 0) is 9.59 Å². The standard InChI is InChI=1S/C30H48O7/c1-25(2,36)12-11-21(33)30(8,37)23-19(32)14-27(5)20-10-9-16-17(13-18(31)24(35)26(16,3)4)29(20,7)22(34)15-28(23,27)6/h9,17-20,23-24,31-32,35-37H,10-15H2,1-8H3/t17-,18?,19?,20+,23+,24?,27+,28-,29+,30+/m1/s1. The Kier molecular flexibility index (Phi) is 6.59. The van der Waals surface area contributed by atoms with E-state index in [4.69, 9.17) is 0 Å². The quantitative estimate of drug-likeness (QED) is 0.352. The van der Waals surface area contributed by atoms with Crippen LogP contribution in [-0.4, -0.2) is 66.6 Å². The van der Waals surface area contributed by atoms with Gasteiger partial charge in [0.05, 0.1) is 23.9 Å². The van der Waals surface area contributed by atoms with E-state index in [1.807, 2.05) is 27.7 Å². The van der Waals surface area contributed by atoms with Gasteiger partial charge in [0.15, 0.2) is 5.78 Å². The van der Waals surface area contributed by atoms with Gasteiger partial charge in [-0.1, -0.05) is 46.3 Å². The fraction of sp³-hybridized carbons (Fsp3) is 0.867. The average Bonchev–Trinajstić information content (AvgIpc) is 2.96. The highest BCUT2D eigenvalue weighted by atomic mass is 16.3. The lowest BCUT2D eigenvalue weighted by Crippen LogP contribution is -2.65. The predicted molar refractivity (Wildman–Crippen MR) is 139 cm³/mol. The van der Waals surface area contributed by atoms with Gasteiger partial charge in [-0.25, -0.2) is 0 Å². The summed E-state index contributed by atoms with van der Waals surface area (Å²) in [6, 6.07) is 0. The minimum atomic E-state index is -1.85. The Morgan fingerprint density at radius 3 is 2.16 bits per heavy atom. The lowest BCUT2D eigenvalue weighted by atomic mass is 9.38. The second-order valence-electron chi connectivity index (χ2n) is 14.8. The number of aliphatic hydroxyl groups excluding tert-OH is 3. The zero-order valence-electron chi connectivity index (χ0n) is 23.8. The van der Waals surface area contributed by atoms with Crippen molar-refractivity contribution in [3.63, 3.8) is 0 Å². The van der Waals surface area contributed by atoms with Crippen molar-refractivity contribution in [3.8, 4) is 0 Å². The Bertz CT molecular complexity index is 1010. The second-order valence-corrected chi connectivity index (χ2v) is 14.8. The maximum absolute atomic E-state index is 14.2. The highest BCUT2D eigenvalue weighted by Crippen LogP contribution is 2.74. The molecule has 4 aliphatic rings. The summed E-state index contributed by atoms with van der Waals surface area (Å²) in [6.07, 6.45) is 0.895. The fourth-order valence-electron chi connectivity index (χ4n) is 9.40. The number of fused-ring (bicyclic) bond motifs is 5. The molecule has 0 bridgehead atoms. The van der Waals surface area contributed by atoms with Gasteiger partial charge in [0, 0.05) is 29.6 Å². The SMILES string of the molecule is CC(C)(O)CCC(=O)[C@](C)(O)[C@H]1C(O)C[C@@]2(C)[C@@H]3CC=C4[C@@H](CC(O)C(O)C4(C)C)[C@]3(C)C(=O)C[C@]12C. The molecular formula is C30H48O7. The van der Waals surface area contributed by atoms with Gasteiger partial charge in [0.25, 0.3) is 0 Å². The van der Waals surface area contributed by atoms with Crippen molar-refractivity contribution in [2.45, 2.75) is 123 Å². The van der Waals surface area contributed by atoms with Gasteiger partial charge in [-0.2, -0.15) is 0 Å². The largest absolute Gasteiger partial charge is 0.393 e. The number of hydrogen-bond donors (Lipinski definition) is 5. The zero-order valence-corrected chi connectivity index (χ0v) is 23.8. The van der Waals surface area contributed by atoms with Crippen LogP contribution in [0.4, 0.5) is 0 Å². The van der Waals surface area contributed by atoms with Crippen molar-refractivity contribution >= 4 is 11.6 Å². The summed E-state index contributed by atoms with van der Waals surface area (Å²) in [6.45, 7) is 14.6. The summed E-state index contributed by atoms with van der Waals surface area (Å²) in [7, 11) is 0. The Morgan fingerprint density at radius 2 is 1.59 bits per heavy atom. The van der Waals surface area contributed by atoms with E-state index >= 15 is 0 Å². The van der Waals surface area contributed by atoms with Crippen molar-refractivity contribution in [2.24, 2.45) is 39.4 Å². The van der Waals surface area contributed by atoms with E-state index in [1.165, 1.54) is 6.92 Å². The second kappa shape index (κ2) is 8.44. The maximum atomic E-state index is 14.2. The first-order valence-corrected chi connectivity index (χ1v) is 13.9. The molecule has 7 nitrogen and oxygen atoms in total. The molecule has 3 saturated carbocycles. The topological polar surface area (TPSA) is 135 Å². The zero-order chi connectivity index (χ0) is 28.1. The van der Waals surface area contributed by atoms with Gasteiger partial charge in [0.2, 0.25) is 0 Å². The fourth-order valence-corrected chi connectivity index (χ4v) is 9.40. The third kappa shape index (κ3) is 3.86. The molecule has 3 unspecified atom stereocenters. The first-order valence-electron chi connectivity index (χ1n) is 13.9. The summed E-state index contributed by atoms with van der Waals surface area (Å²) < 4.78 is 0. The van der Waals surface area contributed by atoms with Gasteiger partial charge >= 0.3 is 0 Å². The Labute approximate surface area is 221 Å². The molecule has 0 amide bonds. The van der Waals surface area contributed by atoms with Crippen LogP contribution in [0.2, 0.25) is 0 Å². The van der Waals surface area contributed by atoms with Crippen LogP contribution in [0.25, 0.3) is 0 Å². The summed E-state index contributed by atoms with van der Waals surface area (Å²) in [4.78, 5) is 27.5. The molecule has 4 aliphatic carbocycles. The minimum absolute atomic E-state index is 0.0227. The highest BCUT2D eigenvalue weighted by Gasteiger charge is 2.74. The molecule has 210 valence electrons. The van der Waals surface area contributed by atoms with E-state index < -0.39 is 62.9 Å². The normalized spacial score (nSPS) is 46.8. The van der Waals surface area contributed by atoms with Crippen molar-refractivity contribution in [3.05, 3.63) is 11.6 Å².